The number of carbonyl (C=O) groups is 1. The number of aromatic nitrogens is 1. The first-order valence-corrected chi connectivity index (χ1v) is 6.15. The lowest BCUT2D eigenvalue weighted by atomic mass is 10.1. The molecule has 0 unspecified atom stereocenters. The van der Waals surface area contributed by atoms with Crippen molar-refractivity contribution in [3.63, 3.8) is 0 Å². The Morgan fingerprint density at radius 2 is 2.11 bits per heavy atom. The molecular formula is C12H9F3N2OS. The zero-order chi connectivity index (χ0) is 14.0. The van der Waals surface area contributed by atoms with Gasteiger partial charge in [0.25, 0.3) is 5.91 Å². The molecule has 1 heterocycles. The molecule has 0 saturated carbocycles. The first-order chi connectivity index (χ1) is 8.86. The Morgan fingerprint density at radius 3 is 2.68 bits per heavy atom. The molecule has 0 radical (unpaired) electrons. The van der Waals surface area contributed by atoms with Crippen LogP contribution in [0.4, 0.5) is 18.3 Å². The molecule has 0 fully saturated rings. The molecule has 0 bridgehead atoms. The molecule has 0 atom stereocenters. The van der Waals surface area contributed by atoms with E-state index >= 15 is 0 Å². The number of benzene rings is 1. The van der Waals surface area contributed by atoms with Crippen LogP contribution in [-0.4, -0.2) is 10.9 Å². The van der Waals surface area contributed by atoms with Gasteiger partial charge in [-0.1, -0.05) is 17.7 Å². The Bertz CT molecular complexity index is 607. The molecule has 1 amide bonds. The molecule has 1 aromatic carbocycles. The molecule has 7 heteroatoms. The Labute approximate surface area is 111 Å². The number of carbonyl (C=O) groups excluding carboxylic acids is 1. The number of nitrogens with one attached hydrogen (secondary N) is 1. The maximum Gasteiger partial charge on any atom is 0.434 e. The summed E-state index contributed by atoms with van der Waals surface area (Å²) in [7, 11) is 0. The third kappa shape index (κ3) is 3.31. The van der Waals surface area contributed by atoms with Gasteiger partial charge in [0.1, 0.15) is 0 Å². The molecule has 0 aliphatic rings. The summed E-state index contributed by atoms with van der Waals surface area (Å²) >= 11 is 0.741. The van der Waals surface area contributed by atoms with Crippen molar-refractivity contribution in [3.8, 4) is 0 Å². The molecule has 3 nitrogen and oxygen atoms in total. The van der Waals surface area contributed by atoms with Gasteiger partial charge in [0.05, 0.1) is 0 Å². The molecule has 2 aromatic rings. The van der Waals surface area contributed by atoms with Gasteiger partial charge in [0.15, 0.2) is 10.8 Å². The number of nitrogens with zero attached hydrogens (tertiary/aromatic N) is 1. The lowest BCUT2D eigenvalue weighted by Crippen LogP contribution is -2.12. The Hall–Kier alpha value is -1.89. The summed E-state index contributed by atoms with van der Waals surface area (Å²) in [5, 5.41) is 3.14. The largest absolute Gasteiger partial charge is 0.434 e. The standard InChI is InChI=1S/C12H9F3N2OS/c1-7-3-2-4-8(5-7)10(18)17-11-16-9(6-19-11)12(13,14)15/h2-6H,1H3,(H,16,17,18). The molecule has 0 aliphatic carbocycles. The highest BCUT2D eigenvalue weighted by Gasteiger charge is 2.33. The lowest BCUT2D eigenvalue weighted by Gasteiger charge is -2.03. The number of thiazole rings is 1. The van der Waals surface area contributed by atoms with E-state index in [1.165, 1.54) is 0 Å². The van der Waals surface area contributed by atoms with E-state index in [9.17, 15) is 18.0 Å². The minimum atomic E-state index is -4.50. The summed E-state index contributed by atoms with van der Waals surface area (Å²) in [6.07, 6.45) is -4.50. The van der Waals surface area contributed by atoms with Crippen LogP contribution < -0.4 is 5.32 Å². The van der Waals surface area contributed by atoms with E-state index in [4.69, 9.17) is 0 Å². The van der Waals surface area contributed by atoms with E-state index in [0.29, 0.717) is 5.56 Å². The first-order valence-electron chi connectivity index (χ1n) is 5.27. The molecule has 1 aromatic heterocycles. The summed E-state index contributed by atoms with van der Waals surface area (Å²) in [5.74, 6) is -0.480. The second kappa shape index (κ2) is 5.00. The van der Waals surface area contributed by atoms with Crippen LogP contribution in [0.3, 0.4) is 0 Å². The topological polar surface area (TPSA) is 42.0 Å². The van der Waals surface area contributed by atoms with Crippen molar-refractivity contribution in [2.75, 3.05) is 5.32 Å². The highest BCUT2D eigenvalue weighted by molar-refractivity contribution is 7.14. The zero-order valence-corrected chi connectivity index (χ0v) is 10.6. The van der Waals surface area contributed by atoms with Gasteiger partial charge >= 0.3 is 6.18 Å². The monoisotopic (exact) mass is 286 g/mol. The van der Waals surface area contributed by atoms with Gasteiger partial charge in [0, 0.05) is 10.9 Å². The van der Waals surface area contributed by atoms with Crippen molar-refractivity contribution in [1.82, 2.24) is 4.98 Å². The van der Waals surface area contributed by atoms with Crippen LogP contribution in [-0.2, 0) is 6.18 Å². The Balaban J connectivity index is 2.13. The van der Waals surface area contributed by atoms with Gasteiger partial charge < -0.3 is 0 Å². The molecule has 0 saturated heterocycles. The van der Waals surface area contributed by atoms with E-state index in [2.05, 4.69) is 10.3 Å². The number of aryl methyl sites for hydroxylation is 1. The number of alkyl halides is 3. The van der Waals surface area contributed by atoms with Crippen LogP contribution in [0.2, 0.25) is 0 Å². The summed E-state index contributed by atoms with van der Waals surface area (Å²) in [4.78, 5) is 15.1. The van der Waals surface area contributed by atoms with Gasteiger partial charge in [-0.3, -0.25) is 10.1 Å². The number of halogens is 3. The maximum absolute atomic E-state index is 12.3. The third-order valence-electron chi connectivity index (χ3n) is 2.30. The molecule has 100 valence electrons. The summed E-state index contributed by atoms with van der Waals surface area (Å²) in [6.45, 7) is 1.82. The molecule has 19 heavy (non-hydrogen) atoms. The van der Waals surface area contributed by atoms with Crippen molar-refractivity contribution in [2.24, 2.45) is 0 Å². The maximum atomic E-state index is 12.3. The minimum Gasteiger partial charge on any atom is -0.298 e. The summed E-state index contributed by atoms with van der Waals surface area (Å²) in [6, 6.07) is 6.75. The fourth-order valence-corrected chi connectivity index (χ4v) is 2.13. The van der Waals surface area contributed by atoms with Gasteiger partial charge in [-0.25, -0.2) is 4.98 Å². The van der Waals surface area contributed by atoms with Crippen LogP contribution in [0.15, 0.2) is 29.6 Å². The normalized spacial score (nSPS) is 11.4. The average molecular weight is 286 g/mol. The van der Waals surface area contributed by atoms with Gasteiger partial charge in [-0.15, -0.1) is 11.3 Å². The minimum absolute atomic E-state index is 0.0705. The highest BCUT2D eigenvalue weighted by atomic mass is 32.1. The summed E-state index contributed by atoms with van der Waals surface area (Å²) < 4.78 is 37.0. The number of anilines is 1. The van der Waals surface area contributed by atoms with Crippen molar-refractivity contribution < 1.29 is 18.0 Å². The molecular weight excluding hydrogens is 277 g/mol. The van der Waals surface area contributed by atoms with Crippen molar-refractivity contribution in [2.45, 2.75) is 13.1 Å². The van der Waals surface area contributed by atoms with Crippen LogP contribution in [0.5, 0.6) is 0 Å². The number of hydrogen-bond donors (Lipinski definition) is 1. The highest BCUT2D eigenvalue weighted by Crippen LogP contribution is 2.31. The number of amides is 1. The van der Waals surface area contributed by atoms with Crippen LogP contribution in [0.1, 0.15) is 21.6 Å². The first kappa shape index (κ1) is 13.5. The predicted molar refractivity (Wildman–Crippen MR) is 66.2 cm³/mol. The average Bonchev–Trinajstić information content (AvgIpc) is 2.77. The fraction of sp³-hybridized carbons (Fsp3) is 0.167. The Morgan fingerprint density at radius 1 is 1.37 bits per heavy atom. The van der Waals surface area contributed by atoms with Crippen molar-refractivity contribution in [3.05, 3.63) is 46.5 Å². The SMILES string of the molecule is Cc1cccc(C(=O)Nc2nc(C(F)(F)F)cs2)c1. The van der Waals surface area contributed by atoms with Crippen LogP contribution in [0, 0.1) is 6.92 Å². The molecule has 2 rings (SSSR count). The quantitative estimate of drug-likeness (QED) is 0.914. The number of rotatable bonds is 2. The van der Waals surface area contributed by atoms with Crippen molar-refractivity contribution in [1.29, 1.82) is 0 Å². The second-order valence-electron chi connectivity index (χ2n) is 3.86. The van der Waals surface area contributed by atoms with E-state index in [1.54, 1.807) is 18.2 Å². The van der Waals surface area contributed by atoms with Crippen molar-refractivity contribution >= 4 is 22.4 Å². The van der Waals surface area contributed by atoms with E-state index in [1.807, 2.05) is 13.0 Å². The van der Waals surface area contributed by atoms with Crippen LogP contribution in [0.25, 0.3) is 0 Å². The van der Waals surface area contributed by atoms with Gasteiger partial charge in [-0.2, -0.15) is 13.2 Å². The second-order valence-corrected chi connectivity index (χ2v) is 4.72. The van der Waals surface area contributed by atoms with E-state index in [-0.39, 0.29) is 5.13 Å². The molecule has 1 N–H and O–H groups in total. The summed E-state index contributed by atoms with van der Waals surface area (Å²) in [5.41, 5.74) is 0.267. The number of hydrogen-bond acceptors (Lipinski definition) is 3. The fourth-order valence-electron chi connectivity index (χ4n) is 1.42. The van der Waals surface area contributed by atoms with Crippen LogP contribution >= 0.6 is 11.3 Å². The van der Waals surface area contributed by atoms with E-state index in [0.717, 1.165) is 22.3 Å². The third-order valence-corrected chi connectivity index (χ3v) is 3.05. The lowest BCUT2D eigenvalue weighted by molar-refractivity contribution is -0.140. The zero-order valence-electron chi connectivity index (χ0n) is 9.78. The van der Waals surface area contributed by atoms with Gasteiger partial charge in [-0.05, 0) is 19.1 Å². The molecule has 0 aliphatic heterocycles. The van der Waals surface area contributed by atoms with Gasteiger partial charge in [0.2, 0.25) is 0 Å². The Kier molecular flexibility index (Phi) is 3.57. The van der Waals surface area contributed by atoms with E-state index < -0.39 is 17.8 Å². The predicted octanol–water partition coefficient (Wildman–Crippen LogP) is 3.72. The smallest absolute Gasteiger partial charge is 0.298 e. The molecule has 0 spiro atoms.